The summed E-state index contributed by atoms with van der Waals surface area (Å²) in [5.74, 6) is 0.585. The molecule has 128 valence electrons. The molecule has 2 heterocycles. The minimum Gasteiger partial charge on any atom is -0.504 e. The highest BCUT2D eigenvalue weighted by Gasteiger charge is 2.72. The molecule has 2 fully saturated rings. The number of piperidine rings is 1. The number of phenolic OH excluding ortho intramolecular Hbond substituents is 1. The number of carbonyl (C=O) groups excluding carboxylic acids is 1. The maximum atomic E-state index is 12.6. The lowest BCUT2D eigenvalue weighted by molar-refractivity contribution is -0.188. The van der Waals surface area contributed by atoms with Crippen LogP contribution < -0.4 is 4.74 Å². The maximum Gasteiger partial charge on any atom is 0.174 e. The molecule has 2 aliphatic carbocycles. The van der Waals surface area contributed by atoms with Crippen molar-refractivity contribution in [3.05, 3.63) is 23.3 Å². The standard InChI is InChI=1S/C19H23NO4/c1-2-8-20-9-7-18-15-11-3-4-12(21)16(15)24-17(18)13(22)5-6-19(18,23)14(20)10-11/h3-4,14,17,21,23H,2,5-10H2,1H3/t14-,17+,18+,19-/m1/s1. The van der Waals surface area contributed by atoms with E-state index in [1.165, 1.54) is 0 Å². The Morgan fingerprint density at radius 3 is 3.00 bits per heavy atom. The van der Waals surface area contributed by atoms with E-state index in [0.29, 0.717) is 25.0 Å². The molecular weight excluding hydrogens is 306 g/mol. The van der Waals surface area contributed by atoms with Crippen molar-refractivity contribution in [1.29, 1.82) is 0 Å². The fraction of sp³-hybridized carbons (Fsp3) is 0.632. The van der Waals surface area contributed by atoms with Gasteiger partial charge in [0.05, 0.1) is 11.0 Å². The van der Waals surface area contributed by atoms with Gasteiger partial charge >= 0.3 is 0 Å². The lowest BCUT2D eigenvalue weighted by atomic mass is 9.49. The van der Waals surface area contributed by atoms with Crippen LogP contribution in [0.15, 0.2) is 12.1 Å². The number of nitrogens with zero attached hydrogens (tertiary/aromatic N) is 1. The number of phenols is 1. The molecule has 1 spiro atoms. The van der Waals surface area contributed by atoms with E-state index in [0.717, 1.165) is 37.1 Å². The second-order valence-electron chi connectivity index (χ2n) is 7.81. The molecule has 0 radical (unpaired) electrons. The van der Waals surface area contributed by atoms with Crippen LogP contribution in [0, 0.1) is 0 Å². The van der Waals surface area contributed by atoms with Crippen LogP contribution >= 0.6 is 0 Å². The molecule has 5 rings (SSSR count). The molecule has 1 aromatic rings. The second kappa shape index (κ2) is 4.52. The Bertz CT molecular complexity index is 747. The molecule has 4 aliphatic rings. The van der Waals surface area contributed by atoms with Gasteiger partial charge in [0.15, 0.2) is 23.4 Å². The molecule has 4 atom stereocenters. The average molecular weight is 329 g/mol. The molecule has 0 aromatic heterocycles. The first kappa shape index (κ1) is 14.7. The van der Waals surface area contributed by atoms with Crippen LogP contribution in [0.3, 0.4) is 0 Å². The van der Waals surface area contributed by atoms with Crippen LogP contribution in [0.1, 0.15) is 43.7 Å². The van der Waals surface area contributed by atoms with Crippen LogP contribution in [0.5, 0.6) is 11.5 Å². The monoisotopic (exact) mass is 329 g/mol. The zero-order valence-corrected chi connectivity index (χ0v) is 13.9. The molecule has 0 amide bonds. The molecule has 2 aliphatic heterocycles. The SMILES string of the molecule is CCCN1CC[C@]23c4c5ccc(O)c4O[C@H]2C(=O)CC[C@@]3(O)[C@H]1C5. The van der Waals surface area contributed by atoms with Gasteiger partial charge in [0, 0.05) is 18.0 Å². The van der Waals surface area contributed by atoms with Crippen molar-refractivity contribution in [3.8, 4) is 11.5 Å². The van der Waals surface area contributed by atoms with Gasteiger partial charge in [-0.2, -0.15) is 0 Å². The topological polar surface area (TPSA) is 70.0 Å². The summed E-state index contributed by atoms with van der Waals surface area (Å²) in [4.78, 5) is 15.0. The molecule has 1 aromatic carbocycles. The number of benzene rings is 1. The fourth-order valence-corrected chi connectivity index (χ4v) is 5.97. The smallest absolute Gasteiger partial charge is 0.174 e. The third-order valence-corrected chi connectivity index (χ3v) is 6.88. The predicted molar refractivity (Wildman–Crippen MR) is 87.4 cm³/mol. The molecule has 5 nitrogen and oxygen atoms in total. The van der Waals surface area contributed by atoms with Crippen molar-refractivity contribution in [3.63, 3.8) is 0 Å². The molecule has 1 saturated heterocycles. The Morgan fingerprint density at radius 1 is 1.38 bits per heavy atom. The van der Waals surface area contributed by atoms with E-state index in [4.69, 9.17) is 4.74 Å². The van der Waals surface area contributed by atoms with Gasteiger partial charge in [0.2, 0.25) is 0 Å². The van der Waals surface area contributed by atoms with Gasteiger partial charge in [-0.3, -0.25) is 9.69 Å². The summed E-state index contributed by atoms with van der Waals surface area (Å²) >= 11 is 0. The molecule has 1 saturated carbocycles. The number of hydrogen-bond acceptors (Lipinski definition) is 5. The van der Waals surface area contributed by atoms with Crippen molar-refractivity contribution in [2.45, 2.75) is 62.2 Å². The maximum absolute atomic E-state index is 12.6. The summed E-state index contributed by atoms with van der Waals surface area (Å²) in [7, 11) is 0. The van der Waals surface area contributed by atoms with E-state index in [1.807, 2.05) is 6.07 Å². The van der Waals surface area contributed by atoms with E-state index in [9.17, 15) is 15.0 Å². The van der Waals surface area contributed by atoms with Gasteiger partial charge in [-0.05, 0) is 50.4 Å². The Kier molecular flexibility index (Phi) is 2.78. The van der Waals surface area contributed by atoms with E-state index < -0.39 is 17.1 Å². The minimum absolute atomic E-state index is 0.0217. The fourth-order valence-electron chi connectivity index (χ4n) is 5.97. The number of likely N-dealkylation sites (tertiary alicyclic amines) is 1. The van der Waals surface area contributed by atoms with Crippen molar-refractivity contribution < 1.29 is 19.7 Å². The molecule has 2 bridgehead atoms. The third-order valence-electron chi connectivity index (χ3n) is 6.88. The largest absolute Gasteiger partial charge is 0.504 e. The molecule has 2 N–H and O–H groups in total. The predicted octanol–water partition coefficient (Wildman–Crippen LogP) is 1.53. The Balaban J connectivity index is 1.78. The summed E-state index contributed by atoms with van der Waals surface area (Å²) in [6, 6.07) is 3.63. The van der Waals surface area contributed by atoms with Crippen molar-refractivity contribution in [2.24, 2.45) is 0 Å². The minimum atomic E-state index is -0.953. The number of aromatic hydroxyl groups is 1. The van der Waals surface area contributed by atoms with Crippen LogP contribution in [-0.2, 0) is 16.6 Å². The summed E-state index contributed by atoms with van der Waals surface area (Å²) < 4.78 is 6.00. The lowest BCUT2D eigenvalue weighted by Crippen LogP contribution is -2.76. The quantitative estimate of drug-likeness (QED) is 0.861. The number of Topliss-reactive ketones (excluding diaryl/α,β-unsaturated/α-hetero) is 1. The first-order valence-corrected chi connectivity index (χ1v) is 9.04. The second-order valence-corrected chi connectivity index (χ2v) is 7.81. The lowest BCUT2D eigenvalue weighted by Gasteiger charge is -2.62. The van der Waals surface area contributed by atoms with Gasteiger partial charge < -0.3 is 14.9 Å². The number of aliphatic hydroxyl groups is 1. The summed E-state index contributed by atoms with van der Waals surface area (Å²) in [5.41, 5.74) is 0.398. The van der Waals surface area contributed by atoms with E-state index in [1.54, 1.807) is 6.07 Å². The number of ether oxygens (including phenoxy) is 1. The average Bonchev–Trinajstić information content (AvgIpc) is 2.91. The number of carbonyl (C=O) groups is 1. The summed E-state index contributed by atoms with van der Waals surface area (Å²) in [6.45, 7) is 3.98. The summed E-state index contributed by atoms with van der Waals surface area (Å²) in [5, 5.41) is 22.1. The zero-order chi connectivity index (χ0) is 16.7. The van der Waals surface area contributed by atoms with E-state index >= 15 is 0 Å². The van der Waals surface area contributed by atoms with Gasteiger partial charge in [-0.25, -0.2) is 0 Å². The first-order valence-electron chi connectivity index (χ1n) is 9.04. The highest BCUT2D eigenvalue weighted by atomic mass is 16.5. The molecular formula is C19H23NO4. The third kappa shape index (κ3) is 1.43. The van der Waals surface area contributed by atoms with Crippen molar-refractivity contribution >= 4 is 5.78 Å². The summed E-state index contributed by atoms with van der Waals surface area (Å²) in [6.07, 6.45) is 2.70. The van der Waals surface area contributed by atoms with E-state index in [-0.39, 0.29) is 17.6 Å². The molecule has 5 heteroatoms. The van der Waals surface area contributed by atoms with Gasteiger partial charge in [-0.1, -0.05) is 13.0 Å². The Hall–Kier alpha value is -1.59. The molecule has 24 heavy (non-hydrogen) atoms. The van der Waals surface area contributed by atoms with Crippen LogP contribution in [0.4, 0.5) is 0 Å². The first-order chi connectivity index (χ1) is 11.5. The highest BCUT2D eigenvalue weighted by Crippen LogP contribution is 2.64. The molecule has 0 unspecified atom stereocenters. The van der Waals surface area contributed by atoms with Gasteiger partial charge in [-0.15, -0.1) is 0 Å². The Morgan fingerprint density at radius 2 is 2.21 bits per heavy atom. The van der Waals surface area contributed by atoms with Crippen LogP contribution in [-0.4, -0.2) is 51.7 Å². The Labute approximate surface area is 141 Å². The highest BCUT2D eigenvalue weighted by molar-refractivity contribution is 5.90. The zero-order valence-electron chi connectivity index (χ0n) is 13.9. The van der Waals surface area contributed by atoms with Crippen LogP contribution in [0.2, 0.25) is 0 Å². The number of rotatable bonds is 2. The van der Waals surface area contributed by atoms with Crippen molar-refractivity contribution in [1.82, 2.24) is 4.90 Å². The van der Waals surface area contributed by atoms with E-state index in [2.05, 4.69) is 11.8 Å². The van der Waals surface area contributed by atoms with Crippen LogP contribution in [0.25, 0.3) is 0 Å². The van der Waals surface area contributed by atoms with Gasteiger partial charge in [0.1, 0.15) is 0 Å². The van der Waals surface area contributed by atoms with Gasteiger partial charge in [0.25, 0.3) is 0 Å². The number of ketones is 1. The normalized spacial score (nSPS) is 39.5. The number of hydrogen-bond donors (Lipinski definition) is 2. The van der Waals surface area contributed by atoms with Crippen molar-refractivity contribution in [2.75, 3.05) is 13.1 Å².